The van der Waals surface area contributed by atoms with Crippen LogP contribution in [0.4, 0.5) is 5.69 Å². The van der Waals surface area contributed by atoms with Gasteiger partial charge in [0.25, 0.3) is 0 Å². The normalized spacial score (nSPS) is 19.0. The highest BCUT2D eigenvalue weighted by atomic mass is 16.5. The van der Waals surface area contributed by atoms with E-state index in [2.05, 4.69) is 10.00 Å². The average Bonchev–Trinajstić information content (AvgIpc) is 3.28. The highest BCUT2D eigenvalue weighted by Crippen LogP contribution is 2.25. The molecule has 0 bridgehead atoms. The molecule has 0 saturated carbocycles. The minimum atomic E-state index is 0.0431. The third kappa shape index (κ3) is 6.92. The number of carbonyl (C=O) groups excluding carboxylic acids is 2. The van der Waals surface area contributed by atoms with Crippen molar-refractivity contribution >= 4 is 17.5 Å². The van der Waals surface area contributed by atoms with Crippen molar-refractivity contribution < 1.29 is 14.3 Å². The zero-order chi connectivity index (χ0) is 24.6. The molecule has 2 aliphatic rings. The molecule has 8 heteroatoms. The molecule has 0 N–H and O–H groups in total. The first-order valence-electron chi connectivity index (χ1n) is 12.9. The number of anilines is 1. The first-order chi connectivity index (χ1) is 17.0. The van der Waals surface area contributed by atoms with Crippen LogP contribution in [0.3, 0.4) is 0 Å². The van der Waals surface area contributed by atoms with E-state index >= 15 is 0 Å². The van der Waals surface area contributed by atoms with Crippen molar-refractivity contribution in [3.63, 3.8) is 0 Å². The molecule has 2 aromatic rings. The van der Waals surface area contributed by atoms with Crippen molar-refractivity contribution in [2.45, 2.75) is 58.0 Å². The van der Waals surface area contributed by atoms with Gasteiger partial charge in [-0.15, -0.1) is 0 Å². The van der Waals surface area contributed by atoms with Crippen LogP contribution in [0.25, 0.3) is 0 Å². The lowest BCUT2D eigenvalue weighted by atomic mass is 10.1. The van der Waals surface area contributed by atoms with E-state index in [0.717, 1.165) is 68.8 Å². The van der Waals surface area contributed by atoms with Gasteiger partial charge < -0.3 is 19.4 Å². The number of hydrogen-bond donors (Lipinski definition) is 0. The lowest BCUT2D eigenvalue weighted by Gasteiger charge is -2.36. The maximum absolute atomic E-state index is 13.4. The van der Waals surface area contributed by atoms with E-state index in [-0.39, 0.29) is 11.8 Å². The van der Waals surface area contributed by atoms with Crippen LogP contribution in [0.5, 0.6) is 0 Å². The third-order valence-electron chi connectivity index (χ3n) is 7.17. The zero-order valence-electron chi connectivity index (χ0n) is 21.2. The summed E-state index contributed by atoms with van der Waals surface area (Å²) in [4.78, 5) is 32.5. The van der Waals surface area contributed by atoms with E-state index < -0.39 is 0 Å². The van der Waals surface area contributed by atoms with E-state index in [9.17, 15) is 9.59 Å². The molecule has 2 amide bonds. The number of fused-ring (bicyclic) bond motifs is 1. The fraction of sp³-hybridized carbons (Fsp3) is 0.593. The summed E-state index contributed by atoms with van der Waals surface area (Å²) in [5.41, 5.74) is 3.02. The molecule has 0 spiro atoms. The van der Waals surface area contributed by atoms with Gasteiger partial charge in [-0.1, -0.05) is 18.2 Å². The molecule has 3 heterocycles. The fourth-order valence-corrected chi connectivity index (χ4v) is 5.29. The number of aryl methyl sites for hydroxylation is 2. The molecule has 1 saturated heterocycles. The van der Waals surface area contributed by atoms with E-state index in [1.165, 1.54) is 0 Å². The number of nitrogens with zero attached hydrogens (tertiary/aromatic N) is 5. The number of benzene rings is 1. The van der Waals surface area contributed by atoms with Crippen LogP contribution in [0.1, 0.15) is 50.2 Å². The Hall–Kier alpha value is -2.71. The summed E-state index contributed by atoms with van der Waals surface area (Å²) in [6, 6.07) is 8.54. The number of amides is 2. The van der Waals surface area contributed by atoms with Gasteiger partial charge in [0.15, 0.2) is 0 Å². The standard InChI is InChI=1S/C27H39N5O3/c1-22(33)32-16-6-14-30(25-11-17-35-18-12-25)13-5-15-31(21-24-7-3-4-8-26(24)32)27(34)10-9-23-19-28-29(2)20-23/h3-4,7-8,19-20,25H,5-6,9-18,21H2,1-2H3. The molecule has 4 rings (SSSR count). The number of hydrogen-bond acceptors (Lipinski definition) is 5. The third-order valence-corrected chi connectivity index (χ3v) is 7.17. The van der Waals surface area contributed by atoms with E-state index in [0.29, 0.717) is 38.5 Å². The van der Waals surface area contributed by atoms with Crippen molar-refractivity contribution in [1.82, 2.24) is 19.6 Å². The molecule has 0 radical (unpaired) electrons. The summed E-state index contributed by atoms with van der Waals surface area (Å²) >= 11 is 0. The van der Waals surface area contributed by atoms with Gasteiger partial charge >= 0.3 is 0 Å². The highest BCUT2D eigenvalue weighted by molar-refractivity contribution is 5.92. The van der Waals surface area contributed by atoms with Crippen LogP contribution in [-0.2, 0) is 34.3 Å². The maximum Gasteiger partial charge on any atom is 0.223 e. The molecule has 1 aromatic heterocycles. The number of ether oxygens (including phenoxy) is 1. The van der Waals surface area contributed by atoms with Crippen molar-refractivity contribution in [3.05, 3.63) is 47.8 Å². The fourth-order valence-electron chi connectivity index (χ4n) is 5.29. The predicted molar refractivity (Wildman–Crippen MR) is 136 cm³/mol. The van der Waals surface area contributed by atoms with Crippen molar-refractivity contribution in [2.24, 2.45) is 7.05 Å². The smallest absolute Gasteiger partial charge is 0.223 e. The SMILES string of the molecule is CC(=O)N1CCCN(C2CCOCC2)CCCN(C(=O)CCc2cnn(C)c2)Cc2ccccc21. The van der Waals surface area contributed by atoms with Gasteiger partial charge in [0, 0.05) is 84.3 Å². The lowest BCUT2D eigenvalue weighted by molar-refractivity contribution is -0.132. The molecule has 8 nitrogen and oxygen atoms in total. The lowest BCUT2D eigenvalue weighted by Crippen LogP contribution is -2.43. The molecule has 2 aliphatic heterocycles. The Labute approximate surface area is 208 Å². The maximum atomic E-state index is 13.4. The predicted octanol–water partition coefficient (Wildman–Crippen LogP) is 3.01. The Kier molecular flexibility index (Phi) is 8.93. The summed E-state index contributed by atoms with van der Waals surface area (Å²) in [5.74, 6) is 0.189. The molecule has 190 valence electrons. The van der Waals surface area contributed by atoms with Crippen molar-refractivity contribution in [2.75, 3.05) is 44.3 Å². The topological polar surface area (TPSA) is 70.9 Å². The quantitative estimate of drug-likeness (QED) is 0.672. The second-order valence-electron chi connectivity index (χ2n) is 9.72. The molecular formula is C27H39N5O3. The number of carbonyl (C=O) groups is 2. The van der Waals surface area contributed by atoms with E-state index in [1.54, 1.807) is 11.6 Å². The first kappa shape index (κ1) is 25.4. The van der Waals surface area contributed by atoms with Crippen molar-refractivity contribution in [1.29, 1.82) is 0 Å². The van der Waals surface area contributed by atoms with Gasteiger partial charge in [-0.3, -0.25) is 14.3 Å². The number of aromatic nitrogens is 2. The van der Waals surface area contributed by atoms with E-state index in [4.69, 9.17) is 4.74 Å². The Morgan fingerprint density at radius 3 is 2.51 bits per heavy atom. The largest absolute Gasteiger partial charge is 0.381 e. The first-order valence-corrected chi connectivity index (χ1v) is 12.9. The van der Waals surface area contributed by atoms with Gasteiger partial charge in [-0.05, 0) is 49.3 Å². The molecule has 0 atom stereocenters. The molecule has 1 aromatic carbocycles. The van der Waals surface area contributed by atoms with Crippen LogP contribution in [-0.4, -0.2) is 76.8 Å². The van der Waals surface area contributed by atoms with Crippen LogP contribution >= 0.6 is 0 Å². The Morgan fingerprint density at radius 1 is 1.06 bits per heavy atom. The Bertz CT molecular complexity index is 985. The second-order valence-corrected chi connectivity index (χ2v) is 9.72. The van der Waals surface area contributed by atoms with Crippen molar-refractivity contribution in [3.8, 4) is 0 Å². The molecular weight excluding hydrogens is 442 g/mol. The van der Waals surface area contributed by atoms with Gasteiger partial charge in [0.05, 0.1) is 6.20 Å². The van der Waals surface area contributed by atoms with Gasteiger partial charge in [0.2, 0.25) is 11.8 Å². The molecule has 0 unspecified atom stereocenters. The summed E-state index contributed by atoms with van der Waals surface area (Å²) < 4.78 is 7.36. The average molecular weight is 482 g/mol. The van der Waals surface area contributed by atoms with Gasteiger partial charge in [-0.25, -0.2) is 0 Å². The Morgan fingerprint density at radius 2 is 1.80 bits per heavy atom. The number of rotatable bonds is 4. The Balaban J connectivity index is 1.54. The minimum Gasteiger partial charge on any atom is -0.381 e. The summed E-state index contributed by atoms with van der Waals surface area (Å²) in [6.07, 6.45) is 8.89. The number of para-hydroxylation sites is 1. The van der Waals surface area contributed by atoms with Crippen LogP contribution in [0.2, 0.25) is 0 Å². The molecule has 0 aliphatic carbocycles. The zero-order valence-corrected chi connectivity index (χ0v) is 21.2. The van der Waals surface area contributed by atoms with Crippen LogP contribution in [0.15, 0.2) is 36.7 Å². The van der Waals surface area contributed by atoms with Gasteiger partial charge in [-0.2, -0.15) is 5.10 Å². The van der Waals surface area contributed by atoms with Gasteiger partial charge in [0.1, 0.15) is 0 Å². The summed E-state index contributed by atoms with van der Waals surface area (Å²) in [6.45, 7) is 7.07. The summed E-state index contributed by atoms with van der Waals surface area (Å²) in [7, 11) is 1.89. The van der Waals surface area contributed by atoms with Crippen LogP contribution < -0.4 is 4.90 Å². The minimum absolute atomic E-state index is 0.0431. The van der Waals surface area contributed by atoms with E-state index in [1.807, 2.05) is 53.5 Å². The highest BCUT2D eigenvalue weighted by Gasteiger charge is 2.25. The molecule has 35 heavy (non-hydrogen) atoms. The summed E-state index contributed by atoms with van der Waals surface area (Å²) in [5, 5.41) is 4.22. The molecule has 1 fully saturated rings. The second kappa shape index (κ2) is 12.3. The monoisotopic (exact) mass is 481 g/mol. The van der Waals surface area contributed by atoms with Crippen LogP contribution in [0, 0.1) is 0 Å².